The first-order valence-corrected chi connectivity index (χ1v) is 17.2. The van der Waals surface area contributed by atoms with E-state index in [1.54, 1.807) is 18.2 Å². The summed E-state index contributed by atoms with van der Waals surface area (Å²) in [6.07, 6.45) is 8.38. The number of ether oxygens (including phenoxy) is 2. The van der Waals surface area contributed by atoms with E-state index < -0.39 is 27.3 Å². The van der Waals surface area contributed by atoms with Crippen LogP contribution in [0.5, 0.6) is 5.75 Å². The first-order valence-electron chi connectivity index (χ1n) is 15.3. The zero-order valence-corrected chi connectivity index (χ0v) is 26.4. The van der Waals surface area contributed by atoms with Crippen molar-refractivity contribution in [2.45, 2.75) is 62.2 Å². The summed E-state index contributed by atoms with van der Waals surface area (Å²) in [5.74, 6) is 0.0259. The fourth-order valence-electron chi connectivity index (χ4n) is 7.52. The number of halogens is 1. The van der Waals surface area contributed by atoms with Gasteiger partial charge < -0.3 is 19.5 Å². The normalized spacial score (nSPS) is 32.8. The van der Waals surface area contributed by atoms with Crippen LogP contribution in [0.4, 0.5) is 5.69 Å². The summed E-state index contributed by atoms with van der Waals surface area (Å²) in [5.41, 5.74) is 3.25. The van der Waals surface area contributed by atoms with Crippen LogP contribution < -0.4 is 14.4 Å². The number of carbonyl (C=O) groups is 1. The lowest BCUT2D eigenvalue weighted by atomic mass is 9.68. The molecule has 1 amide bonds. The molecule has 0 radical (unpaired) electrons. The molecule has 4 aliphatic rings. The van der Waals surface area contributed by atoms with Gasteiger partial charge in [-0.2, -0.15) is 0 Å². The molecule has 0 saturated heterocycles. The third-order valence-corrected chi connectivity index (χ3v) is 12.2. The number of fused-ring (bicyclic) bond motifs is 4. The van der Waals surface area contributed by atoms with E-state index in [1.165, 1.54) is 18.2 Å². The van der Waals surface area contributed by atoms with Crippen LogP contribution in [0.1, 0.15) is 60.5 Å². The number of amides is 1. The fourth-order valence-corrected chi connectivity index (χ4v) is 9.28. The highest BCUT2D eigenvalue weighted by atomic mass is 35.5. The van der Waals surface area contributed by atoms with E-state index >= 15 is 0 Å². The van der Waals surface area contributed by atoms with Gasteiger partial charge in [0.25, 0.3) is 5.91 Å². The molecule has 2 aliphatic heterocycles. The van der Waals surface area contributed by atoms with Gasteiger partial charge in [-0.05, 0) is 97.7 Å². The Bertz CT molecular complexity index is 1510. The van der Waals surface area contributed by atoms with Crippen molar-refractivity contribution in [1.29, 1.82) is 0 Å². The van der Waals surface area contributed by atoms with E-state index in [0.717, 1.165) is 42.8 Å². The second-order valence-corrected chi connectivity index (χ2v) is 15.2. The number of methoxy groups -OCH3 is 1. The van der Waals surface area contributed by atoms with Crippen molar-refractivity contribution < 1.29 is 27.8 Å². The molecular formula is C33H41ClN2O6S. The lowest BCUT2D eigenvalue weighted by Gasteiger charge is -2.45. The zero-order chi connectivity index (χ0) is 30.4. The standard InChI is InChI=1S/C33H41ClN2O6S/c1-21-5-3-7-29(37)26-11-8-24(26)17-36-19-33(14-4-6-22-15-25(34)10-12-27(22)33)20-42-30-13-9-23(16-28(30)36)32(38)35-43(39,40)31(21)18-41-2/h3,7,9-10,12-13,15-16,21,24,26,29,31,37H,4-6,8,11,14,17-20H2,1-2H3,(H,35,38)/b7-3-/t21-,24-,26+,29-,31+,33-/m0/s1. The lowest BCUT2D eigenvalue weighted by Crippen LogP contribution is -2.49. The molecule has 2 aliphatic carbocycles. The Morgan fingerprint density at radius 1 is 1.21 bits per heavy atom. The van der Waals surface area contributed by atoms with Crippen molar-refractivity contribution in [2.24, 2.45) is 17.8 Å². The second kappa shape index (κ2) is 12.1. The Labute approximate surface area is 259 Å². The number of aryl methyl sites for hydroxylation is 1. The molecule has 0 unspecified atom stereocenters. The average molecular weight is 629 g/mol. The molecule has 2 heterocycles. The number of allylic oxidation sites excluding steroid dienone is 1. The van der Waals surface area contributed by atoms with Gasteiger partial charge in [0.05, 0.1) is 25.0 Å². The number of nitrogens with zero attached hydrogens (tertiary/aromatic N) is 1. The predicted octanol–water partition coefficient (Wildman–Crippen LogP) is 4.87. The number of hydrogen-bond acceptors (Lipinski definition) is 7. The van der Waals surface area contributed by atoms with E-state index in [4.69, 9.17) is 21.1 Å². The highest BCUT2D eigenvalue weighted by Crippen LogP contribution is 2.46. The van der Waals surface area contributed by atoms with Gasteiger partial charge >= 0.3 is 0 Å². The van der Waals surface area contributed by atoms with Crippen molar-refractivity contribution in [3.8, 4) is 5.75 Å². The molecule has 232 valence electrons. The van der Waals surface area contributed by atoms with E-state index in [1.807, 2.05) is 25.1 Å². The molecule has 43 heavy (non-hydrogen) atoms. The van der Waals surface area contributed by atoms with Gasteiger partial charge in [-0.15, -0.1) is 0 Å². The van der Waals surface area contributed by atoms with Gasteiger partial charge in [0, 0.05) is 36.2 Å². The summed E-state index contributed by atoms with van der Waals surface area (Å²) in [6.45, 7) is 3.64. The van der Waals surface area contributed by atoms with Crippen LogP contribution in [0.2, 0.25) is 5.02 Å². The predicted molar refractivity (Wildman–Crippen MR) is 167 cm³/mol. The van der Waals surface area contributed by atoms with Gasteiger partial charge in [-0.25, -0.2) is 13.1 Å². The van der Waals surface area contributed by atoms with Gasteiger partial charge in [0.1, 0.15) is 11.0 Å². The highest BCUT2D eigenvalue weighted by Gasteiger charge is 2.44. The van der Waals surface area contributed by atoms with Crippen molar-refractivity contribution in [1.82, 2.24) is 4.72 Å². The molecule has 8 nitrogen and oxygen atoms in total. The molecule has 6 atom stereocenters. The number of rotatable bonds is 2. The molecule has 2 aromatic rings. The van der Waals surface area contributed by atoms with Gasteiger partial charge in [0.2, 0.25) is 10.0 Å². The smallest absolute Gasteiger partial charge is 0.264 e. The van der Waals surface area contributed by atoms with Crippen LogP contribution in [0.25, 0.3) is 0 Å². The largest absolute Gasteiger partial charge is 0.490 e. The minimum absolute atomic E-state index is 0.0502. The number of benzene rings is 2. The zero-order valence-electron chi connectivity index (χ0n) is 24.8. The average Bonchev–Trinajstić information content (AvgIpc) is 3.10. The topological polar surface area (TPSA) is 105 Å². The number of anilines is 1. The number of nitrogens with one attached hydrogen (secondary N) is 1. The van der Waals surface area contributed by atoms with Crippen LogP contribution >= 0.6 is 11.6 Å². The monoisotopic (exact) mass is 628 g/mol. The Hall–Kier alpha value is -2.59. The van der Waals surface area contributed by atoms with Gasteiger partial charge in [-0.3, -0.25) is 4.79 Å². The Morgan fingerprint density at radius 3 is 2.81 bits per heavy atom. The van der Waals surface area contributed by atoms with E-state index in [9.17, 15) is 18.3 Å². The third kappa shape index (κ3) is 5.93. The van der Waals surface area contributed by atoms with Crippen LogP contribution in [0.15, 0.2) is 48.6 Å². The molecule has 1 fully saturated rings. The van der Waals surface area contributed by atoms with Crippen LogP contribution in [0, 0.1) is 17.8 Å². The second-order valence-electron chi connectivity index (χ2n) is 12.9. The Balaban J connectivity index is 1.42. The Kier molecular flexibility index (Phi) is 8.54. The Morgan fingerprint density at radius 2 is 2.05 bits per heavy atom. The summed E-state index contributed by atoms with van der Waals surface area (Å²) >= 11 is 6.39. The van der Waals surface area contributed by atoms with Crippen molar-refractivity contribution in [3.63, 3.8) is 0 Å². The van der Waals surface area contributed by atoms with Crippen molar-refractivity contribution in [2.75, 3.05) is 38.3 Å². The quantitative estimate of drug-likeness (QED) is 0.457. The molecule has 1 saturated carbocycles. The number of sulfonamides is 1. The minimum atomic E-state index is -4.06. The summed E-state index contributed by atoms with van der Waals surface area (Å²) in [5, 5.41) is 11.0. The van der Waals surface area contributed by atoms with Crippen molar-refractivity contribution >= 4 is 33.2 Å². The van der Waals surface area contributed by atoms with E-state index in [0.29, 0.717) is 31.9 Å². The molecule has 2 N–H and O–H groups in total. The molecule has 2 aromatic carbocycles. The number of aliphatic hydroxyl groups excluding tert-OH is 1. The van der Waals surface area contributed by atoms with E-state index in [-0.39, 0.29) is 35.3 Å². The number of hydrogen-bond donors (Lipinski definition) is 2. The third-order valence-electron chi connectivity index (χ3n) is 10.1. The lowest BCUT2D eigenvalue weighted by molar-refractivity contribution is 0.0455. The van der Waals surface area contributed by atoms with Gasteiger partial charge in [0.15, 0.2) is 0 Å². The molecule has 1 spiro atoms. The van der Waals surface area contributed by atoms with Gasteiger partial charge in [-0.1, -0.05) is 36.7 Å². The maximum Gasteiger partial charge on any atom is 0.264 e. The first kappa shape index (κ1) is 30.4. The molecule has 10 heteroatoms. The van der Waals surface area contributed by atoms with Crippen LogP contribution in [-0.4, -0.2) is 64.2 Å². The minimum Gasteiger partial charge on any atom is -0.490 e. The van der Waals surface area contributed by atoms with Crippen LogP contribution in [0.3, 0.4) is 0 Å². The maximum atomic E-state index is 13.5. The maximum absolute atomic E-state index is 13.5. The summed E-state index contributed by atoms with van der Waals surface area (Å²) in [6, 6.07) is 11.3. The van der Waals surface area contributed by atoms with Crippen LogP contribution in [-0.2, 0) is 26.6 Å². The number of aliphatic hydroxyl groups is 1. The van der Waals surface area contributed by atoms with E-state index in [2.05, 4.69) is 21.8 Å². The highest BCUT2D eigenvalue weighted by molar-refractivity contribution is 7.90. The molecule has 0 aromatic heterocycles. The SMILES string of the molecule is COC[C@@H]1[C@@H](C)C/C=C\[C@H](O)[C@@H]2CC[C@H]2CN2C[C@@]3(CCCc4cc(Cl)ccc43)COc3ccc(cc32)C(=O)NS1(=O)=O. The summed E-state index contributed by atoms with van der Waals surface area (Å²) in [4.78, 5) is 15.8. The first-order chi connectivity index (χ1) is 20.6. The molecule has 2 bridgehead atoms. The summed E-state index contributed by atoms with van der Waals surface area (Å²) in [7, 11) is -2.61. The molecular weight excluding hydrogens is 588 g/mol. The molecule has 6 rings (SSSR count). The fraction of sp³-hybridized carbons (Fsp3) is 0.545. The van der Waals surface area contributed by atoms with Crippen molar-refractivity contribution in [3.05, 3.63) is 70.3 Å². The summed E-state index contributed by atoms with van der Waals surface area (Å²) < 4.78 is 41.0. The number of carbonyl (C=O) groups excluding carboxylic acids is 1.